The van der Waals surface area contributed by atoms with Gasteiger partial charge in [0.15, 0.2) is 10.3 Å². The number of nitrogens with zero attached hydrogens (tertiary/aromatic N) is 4. The summed E-state index contributed by atoms with van der Waals surface area (Å²) in [4.78, 5) is 16.0. The number of hydrogen-bond acceptors (Lipinski definition) is 7. The quantitative estimate of drug-likeness (QED) is 0.713. The standard InChI is InChI=1S/C8H8N6S/c9-5-1-3-11-7(13-5)15-8-12-4-2-6(10)14-8/h1-4H,(H2,9,11,13)(H2,10,12,14). The first-order valence-corrected chi connectivity index (χ1v) is 4.90. The molecule has 0 amide bonds. The van der Waals surface area contributed by atoms with E-state index in [9.17, 15) is 0 Å². The van der Waals surface area contributed by atoms with Crippen LogP contribution in [0, 0.1) is 0 Å². The third-order valence-corrected chi connectivity index (χ3v) is 2.25. The second-order valence-corrected chi connectivity index (χ2v) is 3.56. The number of aromatic nitrogens is 4. The minimum atomic E-state index is 0.413. The molecule has 0 bridgehead atoms. The lowest BCUT2D eigenvalue weighted by atomic mass is 10.6. The fourth-order valence-corrected chi connectivity index (χ4v) is 1.58. The van der Waals surface area contributed by atoms with E-state index in [1.54, 1.807) is 24.5 Å². The Morgan fingerprint density at radius 1 is 0.867 bits per heavy atom. The summed E-state index contributed by atoms with van der Waals surface area (Å²) in [7, 11) is 0. The van der Waals surface area contributed by atoms with Crippen molar-refractivity contribution in [1.82, 2.24) is 19.9 Å². The van der Waals surface area contributed by atoms with E-state index in [4.69, 9.17) is 11.5 Å². The first kappa shape index (κ1) is 9.66. The first-order chi connectivity index (χ1) is 7.24. The van der Waals surface area contributed by atoms with Crippen molar-refractivity contribution >= 4 is 23.4 Å². The normalized spacial score (nSPS) is 10.1. The van der Waals surface area contributed by atoms with E-state index in [-0.39, 0.29) is 0 Å². The zero-order chi connectivity index (χ0) is 10.7. The third kappa shape index (κ3) is 2.53. The molecule has 0 fully saturated rings. The number of nitrogens with two attached hydrogens (primary N) is 2. The molecule has 0 aromatic carbocycles. The van der Waals surface area contributed by atoms with Gasteiger partial charge in [0.2, 0.25) is 0 Å². The largest absolute Gasteiger partial charge is 0.384 e. The molecule has 0 atom stereocenters. The fourth-order valence-electron chi connectivity index (χ4n) is 0.888. The van der Waals surface area contributed by atoms with Crippen molar-refractivity contribution in [2.45, 2.75) is 10.3 Å². The Bertz CT molecular complexity index is 431. The second-order valence-electron chi connectivity index (χ2n) is 2.63. The van der Waals surface area contributed by atoms with Gasteiger partial charge < -0.3 is 11.5 Å². The molecule has 2 aromatic rings. The van der Waals surface area contributed by atoms with Crippen molar-refractivity contribution in [3.63, 3.8) is 0 Å². The van der Waals surface area contributed by atoms with Crippen LogP contribution in [0.5, 0.6) is 0 Å². The Labute approximate surface area is 90.2 Å². The van der Waals surface area contributed by atoms with Crippen molar-refractivity contribution < 1.29 is 0 Å². The average molecular weight is 220 g/mol. The molecule has 15 heavy (non-hydrogen) atoms. The molecule has 4 N–H and O–H groups in total. The van der Waals surface area contributed by atoms with Gasteiger partial charge in [-0.25, -0.2) is 19.9 Å². The fraction of sp³-hybridized carbons (Fsp3) is 0. The van der Waals surface area contributed by atoms with Crippen LogP contribution in [0.1, 0.15) is 0 Å². The first-order valence-electron chi connectivity index (χ1n) is 4.09. The summed E-state index contributed by atoms with van der Waals surface area (Å²) in [6.07, 6.45) is 3.16. The Kier molecular flexibility index (Phi) is 2.64. The van der Waals surface area contributed by atoms with Crippen molar-refractivity contribution in [2.24, 2.45) is 0 Å². The van der Waals surface area contributed by atoms with Crippen LogP contribution < -0.4 is 11.5 Å². The predicted molar refractivity (Wildman–Crippen MR) is 57.0 cm³/mol. The van der Waals surface area contributed by atoms with Crippen LogP contribution in [0.25, 0.3) is 0 Å². The van der Waals surface area contributed by atoms with Gasteiger partial charge >= 0.3 is 0 Å². The van der Waals surface area contributed by atoms with Crippen molar-refractivity contribution in [2.75, 3.05) is 11.5 Å². The van der Waals surface area contributed by atoms with Crippen LogP contribution in [-0.2, 0) is 0 Å². The van der Waals surface area contributed by atoms with E-state index < -0.39 is 0 Å². The third-order valence-electron chi connectivity index (χ3n) is 1.49. The van der Waals surface area contributed by atoms with E-state index >= 15 is 0 Å². The van der Waals surface area contributed by atoms with Gasteiger partial charge in [-0.3, -0.25) is 0 Å². The highest BCUT2D eigenvalue weighted by molar-refractivity contribution is 7.99. The predicted octanol–water partition coefficient (Wildman–Crippen LogP) is 0.582. The molecular weight excluding hydrogens is 212 g/mol. The zero-order valence-electron chi connectivity index (χ0n) is 7.66. The molecule has 6 nitrogen and oxygen atoms in total. The summed E-state index contributed by atoms with van der Waals surface area (Å²) in [6, 6.07) is 3.23. The molecule has 0 aliphatic carbocycles. The van der Waals surface area contributed by atoms with Gasteiger partial charge in [0, 0.05) is 12.4 Å². The van der Waals surface area contributed by atoms with Gasteiger partial charge in [-0.2, -0.15) is 0 Å². The van der Waals surface area contributed by atoms with Crippen molar-refractivity contribution in [3.05, 3.63) is 24.5 Å². The summed E-state index contributed by atoms with van der Waals surface area (Å²) in [6.45, 7) is 0. The molecule has 7 heteroatoms. The van der Waals surface area contributed by atoms with Crippen molar-refractivity contribution in [1.29, 1.82) is 0 Å². The number of nitrogen functional groups attached to an aromatic ring is 2. The molecule has 0 spiro atoms. The van der Waals surface area contributed by atoms with E-state index in [1.807, 2.05) is 0 Å². The second kappa shape index (κ2) is 4.09. The summed E-state index contributed by atoms with van der Waals surface area (Å²) in [5, 5.41) is 1.00. The van der Waals surface area contributed by atoms with Crippen LogP contribution in [0.4, 0.5) is 11.6 Å². The van der Waals surface area contributed by atoms with E-state index in [0.717, 1.165) is 0 Å². The minimum absolute atomic E-state index is 0.413. The van der Waals surface area contributed by atoms with E-state index in [2.05, 4.69) is 19.9 Å². The van der Waals surface area contributed by atoms with Crippen molar-refractivity contribution in [3.8, 4) is 0 Å². The zero-order valence-corrected chi connectivity index (χ0v) is 8.48. The summed E-state index contributed by atoms with van der Waals surface area (Å²) < 4.78 is 0. The summed E-state index contributed by atoms with van der Waals surface area (Å²) in [5.41, 5.74) is 11.0. The lowest BCUT2D eigenvalue weighted by molar-refractivity contribution is 0.935. The molecule has 0 saturated carbocycles. The van der Waals surface area contributed by atoms with E-state index in [0.29, 0.717) is 21.9 Å². The Morgan fingerprint density at radius 3 is 1.73 bits per heavy atom. The molecule has 0 aliphatic heterocycles. The summed E-state index contributed by atoms with van der Waals surface area (Å²) in [5.74, 6) is 0.827. The van der Waals surface area contributed by atoms with Gasteiger partial charge in [0.1, 0.15) is 11.6 Å². The smallest absolute Gasteiger partial charge is 0.197 e. The Hall–Kier alpha value is -1.89. The maximum absolute atomic E-state index is 5.51. The lowest BCUT2D eigenvalue weighted by Gasteiger charge is -1.99. The molecule has 0 unspecified atom stereocenters. The van der Waals surface area contributed by atoms with E-state index in [1.165, 1.54) is 11.8 Å². The lowest BCUT2D eigenvalue weighted by Crippen LogP contribution is -1.96. The molecule has 2 heterocycles. The Morgan fingerprint density at radius 2 is 1.33 bits per heavy atom. The molecular formula is C8H8N6S. The van der Waals surface area contributed by atoms with Crippen LogP contribution in [-0.4, -0.2) is 19.9 Å². The molecule has 0 saturated heterocycles. The highest BCUT2D eigenvalue weighted by Crippen LogP contribution is 2.20. The molecule has 2 rings (SSSR count). The summed E-state index contributed by atoms with van der Waals surface area (Å²) >= 11 is 1.21. The maximum Gasteiger partial charge on any atom is 0.197 e. The van der Waals surface area contributed by atoms with Crippen LogP contribution >= 0.6 is 11.8 Å². The van der Waals surface area contributed by atoms with Crippen LogP contribution in [0.3, 0.4) is 0 Å². The van der Waals surface area contributed by atoms with Gasteiger partial charge in [0.25, 0.3) is 0 Å². The van der Waals surface area contributed by atoms with Crippen LogP contribution in [0.2, 0.25) is 0 Å². The molecule has 76 valence electrons. The molecule has 2 aromatic heterocycles. The number of hydrogen-bond donors (Lipinski definition) is 2. The topological polar surface area (TPSA) is 104 Å². The highest BCUT2D eigenvalue weighted by Gasteiger charge is 2.03. The monoisotopic (exact) mass is 220 g/mol. The van der Waals surface area contributed by atoms with Gasteiger partial charge in [0.05, 0.1) is 0 Å². The number of rotatable bonds is 2. The van der Waals surface area contributed by atoms with Crippen LogP contribution in [0.15, 0.2) is 34.8 Å². The minimum Gasteiger partial charge on any atom is -0.384 e. The highest BCUT2D eigenvalue weighted by atomic mass is 32.2. The molecule has 0 aliphatic rings. The SMILES string of the molecule is Nc1ccnc(Sc2nccc(N)n2)n1. The Balaban J connectivity index is 2.22. The van der Waals surface area contributed by atoms with Gasteiger partial charge in [-0.1, -0.05) is 0 Å². The van der Waals surface area contributed by atoms with Gasteiger partial charge in [-0.05, 0) is 23.9 Å². The van der Waals surface area contributed by atoms with Gasteiger partial charge in [-0.15, -0.1) is 0 Å². The maximum atomic E-state index is 5.51. The number of anilines is 2. The molecule has 0 radical (unpaired) electrons. The average Bonchev–Trinajstić information content (AvgIpc) is 2.17.